The van der Waals surface area contributed by atoms with Gasteiger partial charge in [0.2, 0.25) is 0 Å². The van der Waals surface area contributed by atoms with Crippen molar-refractivity contribution in [3.05, 3.63) is 29.8 Å². The minimum atomic E-state index is -1.33. The molecule has 1 aromatic rings. The van der Waals surface area contributed by atoms with Gasteiger partial charge in [0.1, 0.15) is 11.0 Å². The lowest BCUT2D eigenvalue weighted by molar-refractivity contribution is -0.136. The fraction of sp³-hybridized carbons (Fsp3) is 0.462. The standard InChI is InChI=1S/C13H18O4S/c1-3-12(13(14)15)18(16)9-8-10-4-6-11(17-2)7-5-10/h4-7,12H,3,8-9H2,1-2H3,(H,14,15). The molecule has 5 heteroatoms. The van der Waals surface area contributed by atoms with Gasteiger partial charge in [-0.25, -0.2) is 0 Å². The monoisotopic (exact) mass is 270 g/mol. The minimum absolute atomic E-state index is 0.372. The van der Waals surface area contributed by atoms with E-state index in [0.29, 0.717) is 18.6 Å². The predicted molar refractivity (Wildman–Crippen MR) is 71.4 cm³/mol. The van der Waals surface area contributed by atoms with E-state index in [1.807, 2.05) is 24.3 Å². The van der Waals surface area contributed by atoms with Crippen LogP contribution in [0.3, 0.4) is 0 Å². The third kappa shape index (κ3) is 4.14. The summed E-state index contributed by atoms with van der Waals surface area (Å²) in [6, 6.07) is 7.48. The second-order valence-corrected chi connectivity index (χ2v) is 5.66. The molecular weight excluding hydrogens is 252 g/mol. The number of carboxylic acids is 1. The van der Waals surface area contributed by atoms with Crippen LogP contribution in [0.15, 0.2) is 24.3 Å². The largest absolute Gasteiger partial charge is 0.497 e. The zero-order valence-electron chi connectivity index (χ0n) is 10.6. The Labute approximate surface area is 109 Å². The van der Waals surface area contributed by atoms with Crippen molar-refractivity contribution in [3.63, 3.8) is 0 Å². The SMILES string of the molecule is CCC(C(=O)O)S(=O)CCc1ccc(OC)cc1. The maximum absolute atomic E-state index is 11.8. The van der Waals surface area contributed by atoms with E-state index < -0.39 is 22.0 Å². The molecule has 0 aliphatic carbocycles. The molecule has 18 heavy (non-hydrogen) atoms. The van der Waals surface area contributed by atoms with Crippen LogP contribution >= 0.6 is 0 Å². The molecule has 0 bridgehead atoms. The lowest BCUT2D eigenvalue weighted by atomic mass is 10.2. The Hall–Kier alpha value is -1.36. The maximum atomic E-state index is 11.8. The first-order chi connectivity index (χ1) is 8.58. The van der Waals surface area contributed by atoms with Gasteiger partial charge in [0.15, 0.2) is 0 Å². The molecule has 0 heterocycles. The first-order valence-corrected chi connectivity index (χ1v) is 7.19. The number of benzene rings is 1. The van der Waals surface area contributed by atoms with Crippen LogP contribution in [0, 0.1) is 0 Å². The van der Waals surface area contributed by atoms with Crippen molar-refractivity contribution in [2.75, 3.05) is 12.9 Å². The van der Waals surface area contributed by atoms with Gasteiger partial charge in [-0.2, -0.15) is 0 Å². The molecule has 100 valence electrons. The molecule has 0 fully saturated rings. The van der Waals surface area contributed by atoms with Crippen LogP contribution in [0.2, 0.25) is 0 Å². The van der Waals surface area contributed by atoms with Crippen molar-refractivity contribution in [1.82, 2.24) is 0 Å². The van der Waals surface area contributed by atoms with E-state index in [9.17, 15) is 9.00 Å². The Bertz CT molecular complexity index is 414. The van der Waals surface area contributed by atoms with Gasteiger partial charge >= 0.3 is 5.97 Å². The molecule has 0 aliphatic heterocycles. The summed E-state index contributed by atoms with van der Waals surface area (Å²) < 4.78 is 16.9. The number of rotatable bonds is 7. The summed E-state index contributed by atoms with van der Waals surface area (Å²) in [6.45, 7) is 1.74. The summed E-state index contributed by atoms with van der Waals surface area (Å²) in [4.78, 5) is 10.9. The number of methoxy groups -OCH3 is 1. The Morgan fingerprint density at radius 2 is 2.00 bits per heavy atom. The van der Waals surface area contributed by atoms with Crippen LogP contribution in [0.1, 0.15) is 18.9 Å². The highest BCUT2D eigenvalue weighted by molar-refractivity contribution is 7.86. The Morgan fingerprint density at radius 1 is 1.39 bits per heavy atom. The van der Waals surface area contributed by atoms with Gasteiger partial charge < -0.3 is 9.84 Å². The second-order valence-electron chi connectivity index (χ2n) is 3.92. The topological polar surface area (TPSA) is 63.6 Å². The Balaban J connectivity index is 2.53. The van der Waals surface area contributed by atoms with E-state index >= 15 is 0 Å². The third-order valence-electron chi connectivity index (χ3n) is 2.71. The summed E-state index contributed by atoms with van der Waals surface area (Å²) in [5.41, 5.74) is 1.03. The Kier molecular flexibility index (Phi) is 5.85. The van der Waals surface area contributed by atoms with Crippen molar-refractivity contribution in [2.45, 2.75) is 25.0 Å². The average Bonchev–Trinajstić information content (AvgIpc) is 2.37. The molecule has 0 aliphatic rings. The zero-order valence-corrected chi connectivity index (χ0v) is 11.4. The maximum Gasteiger partial charge on any atom is 0.319 e. The van der Waals surface area contributed by atoms with Crippen molar-refractivity contribution < 1.29 is 18.8 Å². The molecule has 2 atom stereocenters. The fourth-order valence-electron chi connectivity index (χ4n) is 1.63. The van der Waals surface area contributed by atoms with E-state index in [-0.39, 0.29) is 0 Å². The van der Waals surface area contributed by atoms with E-state index in [2.05, 4.69) is 0 Å². The number of ether oxygens (including phenoxy) is 1. The van der Waals surface area contributed by atoms with Gasteiger partial charge in [-0.05, 0) is 30.5 Å². The minimum Gasteiger partial charge on any atom is -0.497 e. The molecule has 0 amide bonds. The molecule has 0 radical (unpaired) electrons. The first kappa shape index (κ1) is 14.7. The summed E-state index contributed by atoms with van der Waals surface area (Å²) in [5, 5.41) is 8.14. The summed E-state index contributed by atoms with van der Waals surface area (Å²) in [5.74, 6) is 0.166. The molecule has 0 spiro atoms. The number of aryl methyl sites for hydroxylation is 1. The molecule has 2 unspecified atom stereocenters. The highest BCUT2D eigenvalue weighted by Crippen LogP contribution is 2.13. The van der Waals surface area contributed by atoms with Crippen LogP contribution < -0.4 is 4.74 Å². The molecule has 0 aromatic heterocycles. The average molecular weight is 270 g/mol. The van der Waals surface area contributed by atoms with Crippen LogP contribution in [-0.4, -0.2) is 33.4 Å². The van der Waals surface area contributed by atoms with Gasteiger partial charge in [-0.3, -0.25) is 9.00 Å². The summed E-state index contributed by atoms with van der Waals surface area (Å²) in [7, 11) is 0.274. The van der Waals surface area contributed by atoms with Crippen molar-refractivity contribution in [3.8, 4) is 5.75 Å². The molecule has 4 nitrogen and oxygen atoms in total. The smallest absolute Gasteiger partial charge is 0.319 e. The molecule has 1 aromatic carbocycles. The number of hydrogen-bond acceptors (Lipinski definition) is 3. The van der Waals surface area contributed by atoms with Gasteiger partial charge in [0.25, 0.3) is 0 Å². The third-order valence-corrected chi connectivity index (χ3v) is 4.49. The molecular formula is C13H18O4S. The van der Waals surface area contributed by atoms with Crippen LogP contribution in [0.4, 0.5) is 0 Å². The van der Waals surface area contributed by atoms with Crippen LogP contribution in [0.25, 0.3) is 0 Å². The lowest BCUT2D eigenvalue weighted by Crippen LogP contribution is -2.27. The van der Waals surface area contributed by atoms with Crippen molar-refractivity contribution in [2.24, 2.45) is 0 Å². The molecule has 1 rings (SSSR count). The molecule has 0 saturated heterocycles. The number of carbonyl (C=O) groups is 1. The lowest BCUT2D eigenvalue weighted by Gasteiger charge is -2.09. The Morgan fingerprint density at radius 3 is 2.44 bits per heavy atom. The fourth-order valence-corrected chi connectivity index (χ4v) is 2.94. The molecule has 1 N–H and O–H groups in total. The van der Waals surface area contributed by atoms with Gasteiger partial charge in [0.05, 0.1) is 7.11 Å². The normalized spacial score (nSPS) is 13.9. The summed E-state index contributed by atoms with van der Waals surface area (Å²) in [6.07, 6.45) is 1.00. The number of aliphatic carboxylic acids is 1. The van der Waals surface area contributed by atoms with Crippen molar-refractivity contribution in [1.29, 1.82) is 0 Å². The van der Waals surface area contributed by atoms with Crippen molar-refractivity contribution >= 4 is 16.8 Å². The number of carboxylic acid groups (broad SMARTS) is 1. The van der Waals surface area contributed by atoms with Crippen LogP contribution in [0.5, 0.6) is 5.75 Å². The van der Waals surface area contributed by atoms with E-state index in [1.165, 1.54) is 0 Å². The number of hydrogen-bond donors (Lipinski definition) is 1. The molecule has 0 saturated carbocycles. The van der Waals surface area contributed by atoms with E-state index in [4.69, 9.17) is 9.84 Å². The zero-order chi connectivity index (χ0) is 13.5. The van der Waals surface area contributed by atoms with Crippen LogP contribution in [-0.2, 0) is 22.0 Å². The quantitative estimate of drug-likeness (QED) is 0.821. The summed E-state index contributed by atoms with van der Waals surface area (Å²) >= 11 is 0. The van der Waals surface area contributed by atoms with Gasteiger partial charge in [0, 0.05) is 16.6 Å². The van der Waals surface area contributed by atoms with E-state index in [1.54, 1.807) is 14.0 Å². The van der Waals surface area contributed by atoms with E-state index in [0.717, 1.165) is 11.3 Å². The second kappa shape index (κ2) is 7.16. The highest BCUT2D eigenvalue weighted by atomic mass is 32.2. The van der Waals surface area contributed by atoms with Gasteiger partial charge in [-0.1, -0.05) is 19.1 Å². The first-order valence-electron chi connectivity index (χ1n) is 5.81. The predicted octanol–water partition coefficient (Wildman–Crippen LogP) is 1.85. The van der Waals surface area contributed by atoms with Gasteiger partial charge in [-0.15, -0.1) is 0 Å². The highest BCUT2D eigenvalue weighted by Gasteiger charge is 2.21.